The summed E-state index contributed by atoms with van der Waals surface area (Å²) < 4.78 is 7.40. The molecule has 0 spiro atoms. The number of ether oxygens (including phenoxy) is 1. The maximum atomic E-state index is 5.42. The van der Waals surface area contributed by atoms with E-state index in [1.54, 1.807) is 11.3 Å². The van der Waals surface area contributed by atoms with Crippen molar-refractivity contribution in [1.29, 1.82) is 0 Å². The van der Waals surface area contributed by atoms with Crippen molar-refractivity contribution in [1.82, 2.24) is 25.1 Å². The summed E-state index contributed by atoms with van der Waals surface area (Å²) in [4.78, 5) is 0.931. The second kappa shape index (κ2) is 5.05. The molecule has 2 aliphatic rings. The number of hydrogen-bond acceptors (Lipinski definition) is 6. The van der Waals surface area contributed by atoms with Gasteiger partial charge < -0.3 is 10.1 Å². The highest BCUT2D eigenvalue weighted by atomic mass is 32.1. The van der Waals surface area contributed by atoms with Crippen LogP contribution in [0.25, 0.3) is 4.96 Å². The third-order valence-electron chi connectivity index (χ3n) is 4.53. The zero-order chi connectivity index (χ0) is 13.5. The first-order chi connectivity index (χ1) is 9.83. The summed E-state index contributed by atoms with van der Waals surface area (Å²) in [5.41, 5.74) is 0. The molecule has 0 aromatic carbocycles. The molecule has 2 aliphatic heterocycles. The lowest BCUT2D eigenvalue weighted by Crippen LogP contribution is -2.44. The van der Waals surface area contributed by atoms with E-state index in [4.69, 9.17) is 9.84 Å². The standard InChI is InChI=1S/C13H19N5OS/c1-8(10-6-14-7-10)12-17-18-11(15-16-13(18)20-12)9-2-4-19-5-3-9/h8-10,14H,2-7H2,1H3. The Morgan fingerprint density at radius 3 is 2.80 bits per heavy atom. The summed E-state index contributed by atoms with van der Waals surface area (Å²) in [5.74, 6) is 2.68. The van der Waals surface area contributed by atoms with Gasteiger partial charge in [0.25, 0.3) is 0 Å². The third kappa shape index (κ3) is 2.04. The molecule has 20 heavy (non-hydrogen) atoms. The molecule has 2 fully saturated rings. The Morgan fingerprint density at radius 2 is 2.10 bits per heavy atom. The number of nitrogens with zero attached hydrogens (tertiary/aromatic N) is 4. The van der Waals surface area contributed by atoms with Crippen molar-refractivity contribution < 1.29 is 4.74 Å². The first-order valence-corrected chi connectivity index (χ1v) is 8.15. The summed E-state index contributed by atoms with van der Waals surface area (Å²) >= 11 is 1.69. The van der Waals surface area contributed by atoms with Gasteiger partial charge >= 0.3 is 0 Å². The monoisotopic (exact) mass is 293 g/mol. The molecule has 1 unspecified atom stereocenters. The lowest BCUT2D eigenvalue weighted by molar-refractivity contribution is 0.0831. The van der Waals surface area contributed by atoms with E-state index in [0.717, 1.165) is 49.9 Å². The molecule has 1 N–H and O–H groups in total. The van der Waals surface area contributed by atoms with Gasteiger partial charge in [-0.2, -0.15) is 9.61 Å². The van der Waals surface area contributed by atoms with Gasteiger partial charge in [0, 0.05) is 25.0 Å². The summed E-state index contributed by atoms with van der Waals surface area (Å²) in [6, 6.07) is 0. The van der Waals surface area contributed by atoms with Crippen molar-refractivity contribution in [2.75, 3.05) is 26.3 Å². The van der Waals surface area contributed by atoms with Gasteiger partial charge in [-0.05, 0) is 31.8 Å². The van der Waals surface area contributed by atoms with Crippen LogP contribution in [0.2, 0.25) is 0 Å². The van der Waals surface area contributed by atoms with E-state index in [-0.39, 0.29) is 0 Å². The first kappa shape index (κ1) is 12.7. The van der Waals surface area contributed by atoms with Crippen molar-refractivity contribution in [3.05, 3.63) is 10.8 Å². The van der Waals surface area contributed by atoms with Gasteiger partial charge in [0.2, 0.25) is 4.96 Å². The maximum Gasteiger partial charge on any atom is 0.234 e. The van der Waals surface area contributed by atoms with Crippen LogP contribution in [0.5, 0.6) is 0 Å². The Balaban J connectivity index is 1.63. The molecule has 6 nitrogen and oxygen atoms in total. The second-order valence-corrected chi connectivity index (χ2v) is 6.77. The Bertz CT molecular complexity index is 599. The molecule has 2 aromatic heterocycles. The third-order valence-corrected chi connectivity index (χ3v) is 5.63. The molecule has 0 saturated carbocycles. The number of fused-ring (bicyclic) bond motifs is 1. The van der Waals surface area contributed by atoms with Crippen LogP contribution in [-0.4, -0.2) is 46.1 Å². The van der Waals surface area contributed by atoms with Crippen molar-refractivity contribution in [2.24, 2.45) is 5.92 Å². The predicted octanol–water partition coefficient (Wildman–Crippen LogP) is 1.40. The van der Waals surface area contributed by atoms with E-state index in [0.29, 0.717) is 17.8 Å². The fraction of sp³-hybridized carbons (Fsp3) is 0.769. The summed E-state index contributed by atoms with van der Waals surface area (Å²) in [6.45, 7) is 6.12. The summed E-state index contributed by atoms with van der Waals surface area (Å²) in [6.07, 6.45) is 2.05. The second-order valence-electron chi connectivity index (χ2n) is 5.79. The van der Waals surface area contributed by atoms with Crippen LogP contribution in [0.3, 0.4) is 0 Å². The lowest BCUT2D eigenvalue weighted by Gasteiger charge is -2.31. The highest BCUT2D eigenvalue weighted by Gasteiger charge is 2.29. The summed E-state index contributed by atoms with van der Waals surface area (Å²) in [5, 5.41) is 18.0. The van der Waals surface area contributed by atoms with E-state index >= 15 is 0 Å². The van der Waals surface area contributed by atoms with Gasteiger partial charge in [0.15, 0.2) is 5.82 Å². The fourth-order valence-corrected chi connectivity index (χ4v) is 3.90. The Labute approximate surface area is 121 Å². The number of rotatable bonds is 3. The molecule has 4 heterocycles. The summed E-state index contributed by atoms with van der Waals surface area (Å²) in [7, 11) is 0. The number of aromatic nitrogens is 4. The van der Waals surface area contributed by atoms with Crippen LogP contribution in [0.1, 0.15) is 42.4 Å². The quantitative estimate of drug-likeness (QED) is 0.927. The molecule has 2 saturated heterocycles. The van der Waals surface area contributed by atoms with E-state index in [2.05, 4.69) is 22.4 Å². The lowest BCUT2D eigenvalue weighted by atomic mass is 9.90. The van der Waals surface area contributed by atoms with Gasteiger partial charge in [0.1, 0.15) is 5.01 Å². The zero-order valence-electron chi connectivity index (χ0n) is 11.6. The molecule has 7 heteroatoms. The molecular formula is C13H19N5OS. The molecule has 0 radical (unpaired) electrons. The highest BCUT2D eigenvalue weighted by Crippen LogP contribution is 2.32. The smallest absolute Gasteiger partial charge is 0.234 e. The average Bonchev–Trinajstić information content (AvgIpc) is 2.97. The molecule has 4 rings (SSSR count). The SMILES string of the molecule is CC(c1nn2c(C3CCOCC3)nnc2s1)C1CNC1. The van der Waals surface area contributed by atoms with Gasteiger partial charge in [0.05, 0.1) is 0 Å². The van der Waals surface area contributed by atoms with Gasteiger partial charge in [-0.3, -0.25) is 0 Å². The van der Waals surface area contributed by atoms with E-state index in [1.807, 2.05) is 4.52 Å². The van der Waals surface area contributed by atoms with Crippen molar-refractivity contribution in [2.45, 2.75) is 31.6 Å². The van der Waals surface area contributed by atoms with E-state index in [9.17, 15) is 0 Å². The largest absolute Gasteiger partial charge is 0.381 e. The molecule has 2 aromatic rings. The molecule has 108 valence electrons. The minimum absolute atomic E-state index is 0.439. The Hall–Kier alpha value is -1.05. The van der Waals surface area contributed by atoms with E-state index < -0.39 is 0 Å². The predicted molar refractivity (Wildman–Crippen MR) is 76.2 cm³/mol. The minimum atomic E-state index is 0.439. The van der Waals surface area contributed by atoms with E-state index in [1.165, 1.54) is 5.01 Å². The van der Waals surface area contributed by atoms with Crippen LogP contribution in [0.4, 0.5) is 0 Å². The van der Waals surface area contributed by atoms with Gasteiger partial charge in [-0.15, -0.1) is 10.2 Å². The Kier molecular flexibility index (Phi) is 3.20. The highest BCUT2D eigenvalue weighted by molar-refractivity contribution is 7.16. The topological polar surface area (TPSA) is 64.3 Å². The fourth-order valence-electron chi connectivity index (χ4n) is 2.91. The van der Waals surface area contributed by atoms with Crippen LogP contribution in [0.15, 0.2) is 0 Å². The maximum absolute atomic E-state index is 5.42. The van der Waals surface area contributed by atoms with Crippen molar-refractivity contribution in [3.8, 4) is 0 Å². The molecular weight excluding hydrogens is 274 g/mol. The van der Waals surface area contributed by atoms with Gasteiger partial charge in [-0.25, -0.2) is 0 Å². The first-order valence-electron chi connectivity index (χ1n) is 7.33. The van der Waals surface area contributed by atoms with Crippen molar-refractivity contribution in [3.63, 3.8) is 0 Å². The normalized spacial score (nSPS) is 23.1. The van der Waals surface area contributed by atoms with Crippen LogP contribution in [0, 0.1) is 5.92 Å². The molecule has 0 amide bonds. The van der Waals surface area contributed by atoms with Crippen molar-refractivity contribution >= 4 is 16.3 Å². The molecule has 0 aliphatic carbocycles. The van der Waals surface area contributed by atoms with Gasteiger partial charge in [-0.1, -0.05) is 18.3 Å². The molecule has 0 bridgehead atoms. The molecule has 1 atom stereocenters. The zero-order valence-corrected chi connectivity index (χ0v) is 12.4. The average molecular weight is 293 g/mol. The number of hydrogen-bond donors (Lipinski definition) is 1. The van der Waals surface area contributed by atoms with Crippen LogP contribution < -0.4 is 5.32 Å². The van der Waals surface area contributed by atoms with Crippen LogP contribution in [-0.2, 0) is 4.74 Å². The van der Waals surface area contributed by atoms with Crippen LogP contribution >= 0.6 is 11.3 Å². The minimum Gasteiger partial charge on any atom is -0.381 e. The Morgan fingerprint density at radius 1 is 1.30 bits per heavy atom. The number of nitrogens with one attached hydrogen (secondary N) is 1.